The molecule has 2 nitrogen and oxygen atoms in total. The molecule has 0 aromatic rings. The van der Waals surface area contributed by atoms with Crippen LogP contribution in [0.2, 0.25) is 0 Å². The largest absolute Gasteiger partial charge is 0.344 e. The van der Waals surface area contributed by atoms with Crippen LogP contribution in [0.25, 0.3) is 0 Å². The number of halogens is 1. The Bertz CT molecular complexity index is 218. The van der Waals surface area contributed by atoms with E-state index in [4.69, 9.17) is 11.6 Å². The van der Waals surface area contributed by atoms with Crippen molar-refractivity contribution in [1.82, 2.24) is 4.90 Å². The Morgan fingerprint density at radius 1 is 1.64 bits per heavy atom. The third-order valence-electron chi connectivity index (χ3n) is 2.18. The van der Waals surface area contributed by atoms with Crippen LogP contribution in [-0.4, -0.2) is 23.8 Å². The molecule has 1 aliphatic carbocycles. The average molecular weight is 171 g/mol. The topological polar surface area (TPSA) is 15.6 Å². The van der Waals surface area contributed by atoms with Gasteiger partial charge in [0.1, 0.15) is 0 Å². The molecule has 1 fully saturated rings. The van der Waals surface area contributed by atoms with Gasteiger partial charge >= 0.3 is 0 Å². The van der Waals surface area contributed by atoms with Gasteiger partial charge in [-0.3, -0.25) is 4.99 Å². The zero-order valence-corrected chi connectivity index (χ0v) is 7.25. The minimum atomic E-state index is -0.185. The molecule has 1 heterocycles. The predicted molar refractivity (Wildman–Crippen MR) is 46.7 cm³/mol. The molecule has 0 radical (unpaired) electrons. The highest BCUT2D eigenvalue weighted by Gasteiger charge is 2.30. The van der Waals surface area contributed by atoms with E-state index in [-0.39, 0.29) is 5.62 Å². The Labute approximate surface area is 71.6 Å². The maximum atomic E-state index is 5.92. The monoisotopic (exact) mass is 170 g/mol. The third kappa shape index (κ3) is 1.27. The first-order valence-electron chi connectivity index (χ1n) is 3.89. The van der Waals surface area contributed by atoms with Gasteiger partial charge < -0.3 is 4.90 Å². The molecule has 0 bridgehead atoms. The molecule has 3 heteroatoms. The van der Waals surface area contributed by atoms with Crippen LogP contribution in [0.3, 0.4) is 0 Å². The summed E-state index contributed by atoms with van der Waals surface area (Å²) in [7, 11) is 2.00. The SMILES string of the molecule is CN1C(C2CC2)=CC=NC1Cl. The van der Waals surface area contributed by atoms with Crippen molar-refractivity contribution < 1.29 is 0 Å². The summed E-state index contributed by atoms with van der Waals surface area (Å²) < 4.78 is 0. The summed E-state index contributed by atoms with van der Waals surface area (Å²) in [6.45, 7) is 0. The molecule has 2 aliphatic rings. The van der Waals surface area contributed by atoms with Gasteiger partial charge in [-0.2, -0.15) is 0 Å². The molecule has 0 aromatic carbocycles. The van der Waals surface area contributed by atoms with E-state index in [1.807, 2.05) is 18.2 Å². The van der Waals surface area contributed by atoms with Crippen molar-refractivity contribution in [3.8, 4) is 0 Å². The van der Waals surface area contributed by atoms with Crippen LogP contribution in [0.1, 0.15) is 12.8 Å². The first-order chi connectivity index (χ1) is 5.29. The van der Waals surface area contributed by atoms with E-state index in [1.54, 1.807) is 0 Å². The molecular weight excluding hydrogens is 160 g/mol. The molecule has 0 amide bonds. The highest BCUT2D eigenvalue weighted by atomic mass is 35.5. The van der Waals surface area contributed by atoms with E-state index >= 15 is 0 Å². The number of allylic oxidation sites excluding steroid dienone is 2. The molecule has 0 aromatic heterocycles. The minimum absolute atomic E-state index is 0.185. The molecule has 0 saturated heterocycles. The number of rotatable bonds is 1. The van der Waals surface area contributed by atoms with Crippen LogP contribution in [0, 0.1) is 5.92 Å². The molecule has 1 saturated carbocycles. The highest BCUT2D eigenvalue weighted by molar-refractivity contribution is 6.20. The van der Waals surface area contributed by atoms with Gasteiger partial charge in [0.2, 0.25) is 0 Å². The number of hydrogen-bond acceptors (Lipinski definition) is 2. The minimum Gasteiger partial charge on any atom is -0.344 e. The van der Waals surface area contributed by atoms with E-state index < -0.39 is 0 Å². The summed E-state index contributed by atoms with van der Waals surface area (Å²) in [5.41, 5.74) is 1.16. The molecular formula is C8H11ClN2. The Hall–Kier alpha value is -0.500. The van der Waals surface area contributed by atoms with Crippen molar-refractivity contribution in [2.45, 2.75) is 18.5 Å². The Kier molecular flexibility index (Phi) is 1.64. The fourth-order valence-electron chi connectivity index (χ4n) is 1.33. The smallest absolute Gasteiger partial charge is 0.197 e. The molecule has 2 rings (SSSR count). The summed E-state index contributed by atoms with van der Waals surface area (Å²) >= 11 is 5.92. The third-order valence-corrected chi connectivity index (χ3v) is 2.58. The zero-order valence-electron chi connectivity index (χ0n) is 6.50. The van der Waals surface area contributed by atoms with Gasteiger partial charge in [0.15, 0.2) is 5.62 Å². The Morgan fingerprint density at radius 2 is 2.36 bits per heavy atom. The first-order valence-corrected chi connectivity index (χ1v) is 4.33. The molecule has 1 unspecified atom stereocenters. The average Bonchev–Trinajstić information content (AvgIpc) is 2.77. The Morgan fingerprint density at radius 3 is 3.00 bits per heavy atom. The number of hydrogen-bond donors (Lipinski definition) is 0. The van der Waals surface area contributed by atoms with Gasteiger partial charge in [-0.1, -0.05) is 11.6 Å². The lowest BCUT2D eigenvalue weighted by Crippen LogP contribution is -2.28. The molecule has 1 atom stereocenters. The zero-order chi connectivity index (χ0) is 7.84. The van der Waals surface area contributed by atoms with Gasteiger partial charge in [0, 0.05) is 19.0 Å². The van der Waals surface area contributed by atoms with Crippen LogP contribution in [0.4, 0.5) is 0 Å². The lowest BCUT2D eigenvalue weighted by atomic mass is 10.2. The van der Waals surface area contributed by atoms with Gasteiger partial charge in [-0.15, -0.1) is 0 Å². The normalized spacial score (nSPS) is 30.5. The quantitative estimate of drug-likeness (QED) is 0.433. The van der Waals surface area contributed by atoms with Crippen molar-refractivity contribution in [1.29, 1.82) is 0 Å². The summed E-state index contributed by atoms with van der Waals surface area (Å²) in [5, 5.41) is 0. The van der Waals surface area contributed by atoms with Gasteiger partial charge in [0.25, 0.3) is 0 Å². The lowest BCUT2D eigenvalue weighted by molar-refractivity contribution is 0.370. The van der Waals surface area contributed by atoms with Crippen molar-refractivity contribution >= 4 is 17.8 Å². The second kappa shape index (κ2) is 2.52. The van der Waals surface area contributed by atoms with Crippen LogP contribution >= 0.6 is 11.6 Å². The van der Waals surface area contributed by atoms with Gasteiger partial charge in [0.05, 0.1) is 0 Å². The lowest BCUT2D eigenvalue weighted by Gasteiger charge is -2.27. The van der Waals surface area contributed by atoms with Crippen molar-refractivity contribution in [2.75, 3.05) is 7.05 Å². The fraction of sp³-hybridized carbons (Fsp3) is 0.625. The maximum Gasteiger partial charge on any atom is 0.197 e. The molecule has 1 aliphatic heterocycles. The van der Waals surface area contributed by atoms with E-state index in [0.29, 0.717) is 0 Å². The number of aliphatic imine (C=N–C) groups is 1. The van der Waals surface area contributed by atoms with E-state index in [1.165, 1.54) is 18.5 Å². The summed E-state index contributed by atoms with van der Waals surface area (Å²) in [6.07, 6.45) is 6.50. The van der Waals surface area contributed by atoms with Gasteiger partial charge in [-0.05, 0) is 24.8 Å². The van der Waals surface area contributed by atoms with Crippen molar-refractivity contribution in [3.05, 3.63) is 11.8 Å². The van der Waals surface area contributed by atoms with Crippen LogP contribution in [-0.2, 0) is 0 Å². The Balaban J connectivity index is 2.16. The van der Waals surface area contributed by atoms with Crippen molar-refractivity contribution in [3.63, 3.8) is 0 Å². The second-order valence-corrected chi connectivity index (χ2v) is 3.48. The summed E-state index contributed by atoms with van der Waals surface area (Å²) in [5.74, 6) is 0.757. The highest BCUT2D eigenvalue weighted by Crippen LogP contribution is 2.39. The fourth-order valence-corrected chi connectivity index (χ4v) is 1.51. The van der Waals surface area contributed by atoms with Crippen LogP contribution < -0.4 is 0 Å². The summed E-state index contributed by atoms with van der Waals surface area (Å²) in [4.78, 5) is 6.10. The molecule has 11 heavy (non-hydrogen) atoms. The second-order valence-electron chi connectivity index (χ2n) is 3.09. The molecule has 60 valence electrons. The van der Waals surface area contributed by atoms with Crippen LogP contribution in [0.5, 0.6) is 0 Å². The molecule has 0 spiro atoms. The van der Waals surface area contributed by atoms with E-state index in [0.717, 1.165) is 5.92 Å². The predicted octanol–water partition coefficient (Wildman–Crippen LogP) is 1.82. The number of nitrogens with zero attached hydrogens (tertiary/aromatic N) is 2. The maximum absolute atomic E-state index is 5.92. The summed E-state index contributed by atoms with van der Waals surface area (Å²) in [6, 6.07) is 0. The molecule has 0 N–H and O–H groups in total. The first kappa shape index (κ1) is 7.17. The van der Waals surface area contributed by atoms with Gasteiger partial charge in [-0.25, -0.2) is 0 Å². The van der Waals surface area contributed by atoms with Crippen LogP contribution in [0.15, 0.2) is 16.8 Å². The van der Waals surface area contributed by atoms with E-state index in [2.05, 4.69) is 11.1 Å². The number of alkyl halides is 1. The standard InChI is InChI=1S/C8H11ClN2/c1-11-7(6-2-3-6)4-5-10-8(11)9/h4-6,8H,2-3H2,1H3. The van der Waals surface area contributed by atoms with Crippen molar-refractivity contribution in [2.24, 2.45) is 10.9 Å². The van der Waals surface area contributed by atoms with E-state index in [9.17, 15) is 0 Å².